The van der Waals surface area contributed by atoms with E-state index in [9.17, 15) is 0 Å². The average molecular weight is 287 g/mol. The van der Waals surface area contributed by atoms with E-state index >= 15 is 0 Å². The van der Waals surface area contributed by atoms with Crippen molar-refractivity contribution in [3.05, 3.63) is 45.4 Å². The van der Waals surface area contributed by atoms with Crippen LogP contribution >= 0.6 is 11.3 Å². The van der Waals surface area contributed by atoms with Crippen molar-refractivity contribution >= 4 is 17.0 Å². The lowest BCUT2D eigenvalue weighted by atomic mass is 10.1. The molecule has 0 saturated heterocycles. The summed E-state index contributed by atoms with van der Waals surface area (Å²) in [7, 11) is 0. The number of anilines is 1. The summed E-state index contributed by atoms with van der Waals surface area (Å²) >= 11 is 1.82. The lowest BCUT2D eigenvalue weighted by molar-refractivity contribution is 0.552. The zero-order valence-electron chi connectivity index (χ0n) is 12.3. The Labute approximate surface area is 124 Å². The quantitative estimate of drug-likeness (QED) is 0.919. The van der Waals surface area contributed by atoms with E-state index in [4.69, 9.17) is 0 Å². The van der Waals surface area contributed by atoms with Gasteiger partial charge in [-0.15, -0.1) is 11.3 Å². The third-order valence-corrected chi connectivity index (χ3v) is 4.92. The highest BCUT2D eigenvalue weighted by atomic mass is 32.1. The highest BCUT2D eigenvalue weighted by molar-refractivity contribution is 7.11. The van der Waals surface area contributed by atoms with Crippen molar-refractivity contribution in [2.75, 3.05) is 11.4 Å². The maximum atomic E-state index is 4.69. The van der Waals surface area contributed by atoms with Gasteiger partial charge in [-0.05, 0) is 32.4 Å². The van der Waals surface area contributed by atoms with E-state index < -0.39 is 0 Å². The normalized spacial score (nSPS) is 18.8. The third kappa shape index (κ3) is 2.72. The lowest BCUT2D eigenvalue weighted by Gasteiger charge is -2.25. The number of thiazole rings is 1. The molecule has 0 fully saturated rings. The van der Waals surface area contributed by atoms with E-state index in [1.165, 1.54) is 26.8 Å². The predicted molar refractivity (Wildman–Crippen MR) is 85.4 cm³/mol. The van der Waals surface area contributed by atoms with Gasteiger partial charge >= 0.3 is 0 Å². The Morgan fingerprint density at radius 2 is 2.15 bits per heavy atom. The number of rotatable bonds is 2. The van der Waals surface area contributed by atoms with Crippen LogP contribution in [0.3, 0.4) is 0 Å². The first kappa shape index (κ1) is 13.6. The molecule has 0 bridgehead atoms. The Bertz CT molecular complexity index is 586. The highest BCUT2D eigenvalue weighted by Gasteiger charge is 2.19. The minimum Gasteiger partial charge on any atom is -0.363 e. The van der Waals surface area contributed by atoms with Crippen molar-refractivity contribution in [2.45, 2.75) is 39.9 Å². The molecule has 1 aliphatic rings. The van der Waals surface area contributed by atoms with Gasteiger partial charge in [0.1, 0.15) is 5.01 Å². The molecule has 1 N–H and O–H groups in total. The first-order valence-electron chi connectivity index (χ1n) is 7.12. The molecule has 4 heteroatoms. The van der Waals surface area contributed by atoms with Crippen LogP contribution in [0, 0.1) is 13.8 Å². The number of nitrogens with one attached hydrogen (secondary N) is 1. The molecule has 1 aliphatic heterocycles. The summed E-state index contributed by atoms with van der Waals surface area (Å²) in [6.07, 6.45) is 0. The van der Waals surface area contributed by atoms with Crippen LogP contribution in [0.2, 0.25) is 0 Å². The standard InChI is InChI=1S/C16H21N3S/c1-11-9-19(10-16-18-12(2)13(3)20-16)15-7-5-4-6-14(15)8-17-11/h4-7,11,17H,8-10H2,1-3H3. The number of nitrogens with zero attached hydrogens (tertiary/aromatic N) is 2. The summed E-state index contributed by atoms with van der Waals surface area (Å²) in [5.74, 6) is 0. The zero-order chi connectivity index (χ0) is 14.1. The molecule has 0 saturated carbocycles. The van der Waals surface area contributed by atoms with E-state index in [0.29, 0.717) is 6.04 Å². The first-order chi connectivity index (χ1) is 9.63. The van der Waals surface area contributed by atoms with Gasteiger partial charge in [0.15, 0.2) is 0 Å². The number of para-hydroxylation sites is 1. The van der Waals surface area contributed by atoms with Gasteiger partial charge in [0.2, 0.25) is 0 Å². The fourth-order valence-electron chi connectivity index (χ4n) is 2.67. The molecule has 1 aromatic carbocycles. The summed E-state index contributed by atoms with van der Waals surface area (Å²) in [6, 6.07) is 9.17. The molecule has 3 rings (SSSR count). The minimum atomic E-state index is 0.490. The number of hydrogen-bond donors (Lipinski definition) is 1. The molecular formula is C16H21N3S. The maximum Gasteiger partial charge on any atom is 0.112 e. The third-order valence-electron chi connectivity index (χ3n) is 3.87. The van der Waals surface area contributed by atoms with Crippen LogP contribution in [-0.4, -0.2) is 17.6 Å². The van der Waals surface area contributed by atoms with Gasteiger partial charge in [-0.25, -0.2) is 4.98 Å². The molecule has 0 spiro atoms. The van der Waals surface area contributed by atoms with Gasteiger partial charge in [0.25, 0.3) is 0 Å². The Hall–Kier alpha value is -1.39. The molecule has 0 amide bonds. The van der Waals surface area contributed by atoms with E-state index in [-0.39, 0.29) is 0 Å². The molecule has 1 unspecified atom stereocenters. The predicted octanol–water partition coefficient (Wildman–Crippen LogP) is 3.26. The van der Waals surface area contributed by atoms with E-state index in [0.717, 1.165) is 19.6 Å². The monoisotopic (exact) mass is 287 g/mol. The number of fused-ring (bicyclic) bond motifs is 1. The average Bonchev–Trinajstić information content (AvgIpc) is 2.65. The van der Waals surface area contributed by atoms with Crippen LogP contribution in [0.15, 0.2) is 24.3 Å². The fraction of sp³-hybridized carbons (Fsp3) is 0.438. The van der Waals surface area contributed by atoms with Crippen molar-refractivity contribution in [1.29, 1.82) is 0 Å². The number of hydrogen-bond acceptors (Lipinski definition) is 4. The Kier molecular flexibility index (Phi) is 3.76. The summed E-state index contributed by atoms with van der Waals surface area (Å²) in [5, 5.41) is 4.79. The van der Waals surface area contributed by atoms with Gasteiger partial charge in [-0.1, -0.05) is 18.2 Å². The number of aromatic nitrogens is 1. The molecular weight excluding hydrogens is 266 g/mol. The van der Waals surface area contributed by atoms with Crippen molar-refractivity contribution in [1.82, 2.24) is 10.3 Å². The Morgan fingerprint density at radius 1 is 1.35 bits per heavy atom. The zero-order valence-corrected chi connectivity index (χ0v) is 13.1. The minimum absolute atomic E-state index is 0.490. The number of benzene rings is 1. The Morgan fingerprint density at radius 3 is 2.90 bits per heavy atom. The molecule has 2 aromatic rings. The molecule has 20 heavy (non-hydrogen) atoms. The van der Waals surface area contributed by atoms with Gasteiger partial charge in [-0.2, -0.15) is 0 Å². The summed E-state index contributed by atoms with van der Waals surface area (Å²) in [5.41, 5.74) is 3.89. The molecule has 3 nitrogen and oxygen atoms in total. The van der Waals surface area contributed by atoms with E-state index in [2.05, 4.69) is 60.2 Å². The summed E-state index contributed by atoms with van der Waals surface area (Å²) in [4.78, 5) is 8.47. The van der Waals surface area contributed by atoms with Gasteiger partial charge in [0.05, 0.1) is 12.2 Å². The molecule has 1 aromatic heterocycles. The molecule has 1 atom stereocenters. The number of aryl methyl sites for hydroxylation is 2. The lowest BCUT2D eigenvalue weighted by Crippen LogP contribution is -2.35. The SMILES string of the molecule is Cc1nc(CN2CC(C)NCc3ccccc32)sc1C. The van der Waals surface area contributed by atoms with E-state index in [1.54, 1.807) is 0 Å². The van der Waals surface area contributed by atoms with Gasteiger partial charge < -0.3 is 10.2 Å². The van der Waals surface area contributed by atoms with Crippen molar-refractivity contribution < 1.29 is 0 Å². The summed E-state index contributed by atoms with van der Waals surface area (Å²) in [6.45, 7) is 9.37. The van der Waals surface area contributed by atoms with Crippen LogP contribution in [0.5, 0.6) is 0 Å². The topological polar surface area (TPSA) is 28.2 Å². The van der Waals surface area contributed by atoms with Gasteiger partial charge in [0, 0.05) is 29.7 Å². The second-order valence-electron chi connectivity index (χ2n) is 5.54. The highest BCUT2D eigenvalue weighted by Crippen LogP contribution is 2.26. The van der Waals surface area contributed by atoms with Crippen molar-refractivity contribution in [2.24, 2.45) is 0 Å². The van der Waals surface area contributed by atoms with Crippen LogP contribution in [0.25, 0.3) is 0 Å². The molecule has 2 heterocycles. The van der Waals surface area contributed by atoms with E-state index in [1.807, 2.05) is 11.3 Å². The Balaban J connectivity index is 1.90. The van der Waals surface area contributed by atoms with Gasteiger partial charge in [-0.3, -0.25) is 0 Å². The summed E-state index contributed by atoms with van der Waals surface area (Å²) < 4.78 is 0. The first-order valence-corrected chi connectivity index (χ1v) is 7.94. The van der Waals surface area contributed by atoms with Crippen LogP contribution in [0.1, 0.15) is 28.1 Å². The second-order valence-corrected chi connectivity index (χ2v) is 6.83. The second kappa shape index (κ2) is 5.54. The van der Waals surface area contributed by atoms with Crippen LogP contribution in [-0.2, 0) is 13.1 Å². The van der Waals surface area contributed by atoms with Crippen LogP contribution in [0.4, 0.5) is 5.69 Å². The maximum absolute atomic E-state index is 4.69. The van der Waals surface area contributed by atoms with Crippen molar-refractivity contribution in [3.8, 4) is 0 Å². The molecule has 106 valence electrons. The fourth-order valence-corrected chi connectivity index (χ4v) is 3.62. The molecule has 0 aliphatic carbocycles. The van der Waals surface area contributed by atoms with Crippen molar-refractivity contribution in [3.63, 3.8) is 0 Å². The largest absolute Gasteiger partial charge is 0.363 e. The molecule has 0 radical (unpaired) electrons. The smallest absolute Gasteiger partial charge is 0.112 e. The van der Waals surface area contributed by atoms with Crippen LogP contribution < -0.4 is 10.2 Å².